The number of aromatic nitrogens is 2. The van der Waals surface area contributed by atoms with Crippen molar-refractivity contribution in [3.63, 3.8) is 0 Å². The van der Waals surface area contributed by atoms with Gasteiger partial charge in [0, 0.05) is 55.9 Å². The first kappa shape index (κ1) is 22.6. The van der Waals surface area contributed by atoms with Gasteiger partial charge in [0.15, 0.2) is 5.15 Å². The van der Waals surface area contributed by atoms with Crippen LogP contribution >= 0.6 is 23.2 Å². The molecule has 2 aliphatic rings. The fourth-order valence-electron chi connectivity index (χ4n) is 4.36. The van der Waals surface area contributed by atoms with Crippen LogP contribution in [0, 0.1) is 11.8 Å². The van der Waals surface area contributed by atoms with Gasteiger partial charge in [-0.3, -0.25) is 0 Å². The molecule has 1 saturated heterocycles. The first-order valence-electron chi connectivity index (χ1n) is 11.1. The summed E-state index contributed by atoms with van der Waals surface area (Å²) < 4.78 is 5.44. The summed E-state index contributed by atoms with van der Waals surface area (Å²) in [5.41, 5.74) is 2.59. The molecular formula is C23H30Cl2N4O2. The smallest absolute Gasteiger partial charge is 0.152 e. The van der Waals surface area contributed by atoms with Gasteiger partial charge in [-0.15, -0.1) is 0 Å². The molecule has 3 heterocycles. The van der Waals surface area contributed by atoms with Crippen LogP contribution in [-0.2, 0) is 4.74 Å². The lowest BCUT2D eigenvalue weighted by molar-refractivity contribution is 0.0699. The first-order chi connectivity index (χ1) is 15.1. The van der Waals surface area contributed by atoms with Gasteiger partial charge in [-0.1, -0.05) is 23.2 Å². The SMILES string of the molecule is OC[C@H]1CC[C@H](Nc2cc(-c3cnc(Cl)c(NCC4CCOCC4)c3)c(Cl)cn2)CC1. The Balaban J connectivity index is 1.46. The molecule has 3 N–H and O–H groups in total. The molecule has 1 saturated carbocycles. The molecule has 0 spiro atoms. The summed E-state index contributed by atoms with van der Waals surface area (Å²) in [6.07, 6.45) is 9.70. The summed E-state index contributed by atoms with van der Waals surface area (Å²) in [6.45, 7) is 2.77. The summed E-state index contributed by atoms with van der Waals surface area (Å²) in [7, 11) is 0. The summed E-state index contributed by atoms with van der Waals surface area (Å²) in [5, 5.41) is 17.4. The minimum Gasteiger partial charge on any atom is -0.396 e. The molecular weight excluding hydrogens is 435 g/mol. The minimum absolute atomic E-state index is 0.282. The molecule has 0 bridgehead atoms. The van der Waals surface area contributed by atoms with Gasteiger partial charge in [-0.05, 0) is 62.5 Å². The van der Waals surface area contributed by atoms with Gasteiger partial charge in [0.05, 0.1) is 10.7 Å². The fourth-order valence-corrected chi connectivity index (χ4v) is 4.74. The predicted molar refractivity (Wildman–Crippen MR) is 126 cm³/mol. The number of rotatable bonds is 7. The molecule has 8 heteroatoms. The minimum atomic E-state index is 0.282. The van der Waals surface area contributed by atoms with Crippen LogP contribution in [0.15, 0.2) is 24.5 Å². The summed E-state index contributed by atoms with van der Waals surface area (Å²) in [5.74, 6) is 1.81. The Morgan fingerprint density at radius 2 is 1.74 bits per heavy atom. The normalized spacial score (nSPS) is 22.3. The molecule has 1 aliphatic heterocycles. The van der Waals surface area contributed by atoms with Crippen molar-refractivity contribution < 1.29 is 9.84 Å². The van der Waals surface area contributed by atoms with Crippen molar-refractivity contribution in [3.8, 4) is 11.1 Å². The Hall–Kier alpha value is -1.60. The van der Waals surface area contributed by atoms with E-state index in [1.807, 2.05) is 12.1 Å². The third kappa shape index (κ3) is 6.01. The van der Waals surface area contributed by atoms with E-state index in [0.29, 0.717) is 28.1 Å². The van der Waals surface area contributed by atoms with Crippen molar-refractivity contribution >= 4 is 34.7 Å². The standard InChI is InChI=1S/C23H30Cl2N4O2/c24-20-13-27-22(29-18-3-1-16(14-30)2-4-18)10-19(20)17-9-21(23(25)28-12-17)26-11-15-5-7-31-8-6-15/h9-10,12-13,15-16,18,26,30H,1-8,11,14H2,(H,27,29)/t16-,18-. The molecule has 168 valence electrons. The van der Waals surface area contributed by atoms with Gasteiger partial charge in [0.2, 0.25) is 0 Å². The molecule has 2 aromatic heterocycles. The summed E-state index contributed by atoms with van der Waals surface area (Å²) in [6, 6.07) is 4.35. The molecule has 0 amide bonds. The largest absolute Gasteiger partial charge is 0.396 e. The predicted octanol–water partition coefficient (Wildman–Crippen LogP) is 5.25. The van der Waals surface area contributed by atoms with Crippen molar-refractivity contribution in [2.24, 2.45) is 11.8 Å². The Bertz CT molecular complexity index is 869. The van der Waals surface area contributed by atoms with E-state index >= 15 is 0 Å². The van der Waals surface area contributed by atoms with Crippen LogP contribution in [0.1, 0.15) is 38.5 Å². The quantitative estimate of drug-likeness (QED) is 0.485. The fraction of sp³-hybridized carbons (Fsp3) is 0.565. The zero-order valence-corrected chi connectivity index (χ0v) is 19.1. The number of aliphatic hydroxyl groups excluding tert-OH is 1. The van der Waals surface area contributed by atoms with E-state index in [4.69, 9.17) is 27.9 Å². The molecule has 0 unspecified atom stereocenters. The molecule has 4 rings (SSSR count). The van der Waals surface area contributed by atoms with Gasteiger partial charge in [0.25, 0.3) is 0 Å². The zero-order chi connectivity index (χ0) is 21.6. The average molecular weight is 465 g/mol. The second kappa shape index (κ2) is 10.8. The Kier molecular flexibility index (Phi) is 7.88. The maximum Gasteiger partial charge on any atom is 0.152 e. The average Bonchev–Trinajstić information content (AvgIpc) is 2.81. The molecule has 31 heavy (non-hydrogen) atoms. The number of pyridine rings is 2. The van der Waals surface area contributed by atoms with E-state index in [1.54, 1.807) is 12.4 Å². The monoisotopic (exact) mass is 464 g/mol. The number of nitrogens with zero attached hydrogens (tertiary/aromatic N) is 2. The molecule has 2 fully saturated rings. The lowest BCUT2D eigenvalue weighted by Crippen LogP contribution is -2.27. The number of aliphatic hydroxyl groups is 1. The first-order valence-corrected chi connectivity index (χ1v) is 11.9. The van der Waals surface area contributed by atoms with Gasteiger partial charge in [0.1, 0.15) is 5.82 Å². The molecule has 1 aliphatic carbocycles. The highest BCUT2D eigenvalue weighted by atomic mass is 35.5. The van der Waals surface area contributed by atoms with Gasteiger partial charge >= 0.3 is 0 Å². The Labute approximate surface area is 193 Å². The third-order valence-corrected chi connectivity index (χ3v) is 6.99. The highest BCUT2D eigenvalue weighted by Crippen LogP contribution is 2.34. The molecule has 0 aromatic carbocycles. The summed E-state index contributed by atoms with van der Waals surface area (Å²) in [4.78, 5) is 8.85. The van der Waals surface area contributed by atoms with Crippen LogP contribution in [0.25, 0.3) is 11.1 Å². The van der Waals surface area contributed by atoms with Crippen molar-refractivity contribution in [3.05, 3.63) is 34.7 Å². The molecule has 0 radical (unpaired) electrons. The number of hydrogen-bond donors (Lipinski definition) is 3. The van der Waals surface area contributed by atoms with Crippen LogP contribution in [-0.4, -0.2) is 47.5 Å². The number of halogens is 2. The number of anilines is 2. The molecule has 6 nitrogen and oxygen atoms in total. The van der Waals surface area contributed by atoms with E-state index in [1.165, 1.54) is 0 Å². The van der Waals surface area contributed by atoms with Crippen LogP contribution < -0.4 is 10.6 Å². The molecule has 2 aromatic rings. The number of ether oxygens (including phenoxy) is 1. The van der Waals surface area contributed by atoms with Gasteiger partial charge in [-0.25, -0.2) is 9.97 Å². The van der Waals surface area contributed by atoms with Crippen LogP contribution in [0.3, 0.4) is 0 Å². The van der Waals surface area contributed by atoms with Crippen molar-refractivity contribution in [1.82, 2.24) is 9.97 Å². The van der Waals surface area contributed by atoms with Gasteiger partial charge < -0.3 is 20.5 Å². The van der Waals surface area contributed by atoms with Crippen molar-refractivity contribution in [2.45, 2.75) is 44.6 Å². The van der Waals surface area contributed by atoms with E-state index < -0.39 is 0 Å². The number of nitrogens with one attached hydrogen (secondary N) is 2. The highest BCUT2D eigenvalue weighted by Gasteiger charge is 2.21. The molecule has 0 atom stereocenters. The van der Waals surface area contributed by atoms with E-state index in [9.17, 15) is 5.11 Å². The maximum absolute atomic E-state index is 9.34. The van der Waals surface area contributed by atoms with Crippen molar-refractivity contribution in [1.29, 1.82) is 0 Å². The lowest BCUT2D eigenvalue weighted by Gasteiger charge is -2.28. The van der Waals surface area contributed by atoms with Gasteiger partial charge in [-0.2, -0.15) is 0 Å². The number of hydrogen-bond acceptors (Lipinski definition) is 6. The van der Waals surface area contributed by atoms with Crippen LogP contribution in [0.5, 0.6) is 0 Å². The summed E-state index contributed by atoms with van der Waals surface area (Å²) >= 11 is 12.8. The third-order valence-electron chi connectivity index (χ3n) is 6.38. The maximum atomic E-state index is 9.34. The van der Waals surface area contributed by atoms with Crippen LogP contribution in [0.4, 0.5) is 11.5 Å². The van der Waals surface area contributed by atoms with E-state index in [2.05, 4.69) is 20.6 Å². The van der Waals surface area contributed by atoms with E-state index in [-0.39, 0.29) is 6.61 Å². The second-order valence-corrected chi connectivity index (χ2v) is 9.36. The van der Waals surface area contributed by atoms with Crippen molar-refractivity contribution in [2.75, 3.05) is 37.0 Å². The highest BCUT2D eigenvalue weighted by molar-refractivity contribution is 6.33. The second-order valence-electron chi connectivity index (χ2n) is 8.59. The Morgan fingerprint density at radius 1 is 0.968 bits per heavy atom. The topological polar surface area (TPSA) is 79.3 Å². The lowest BCUT2D eigenvalue weighted by atomic mass is 9.86. The Morgan fingerprint density at radius 3 is 2.48 bits per heavy atom. The van der Waals surface area contributed by atoms with E-state index in [0.717, 1.165) is 80.9 Å². The van der Waals surface area contributed by atoms with Crippen LogP contribution in [0.2, 0.25) is 10.2 Å². The zero-order valence-electron chi connectivity index (χ0n) is 17.6.